The normalized spacial score (nSPS) is 9.00. The number of rotatable bonds is 1. The van der Waals surface area contributed by atoms with Crippen LogP contribution >= 0.6 is 0 Å². The molecule has 1 aromatic carbocycles. The summed E-state index contributed by atoms with van der Waals surface area (Å²) < 4.78 is 0. The van der Waals surface area contributed by atoms with Gasteiger partial charge in [-0.05, 0) is 6.07 Å². The summed E-state index contributed by atoms with van der Waals surface area (Å²) in [6.45, 7) is 0. The Bertz CT molecular complexity index is 316. The van der Waals surface area contributed by atoms with Gasteiger partial charge in [0.25, 0.3) is 0 Å². The Balaban J connectivity index is 0.000000720. The van der Waals surface area contributed by atoms with Gasteiger partial charge in [-0.15, -0.1) is 0 Å². The van der Waals surface area contributed by atoms with Gasteiger partial charge in [0, 0.05) is 37.6 Å². The smallest absolute Gasteiger partial charge is 0.0920 e. The number of hydrogen-bond acceptors (Lipinski definition) is 1. The van der Waals surface area contributed by atoms with Gasteiger partial charge in [-0.2, -0.15) is 5.10 Å². The second-order valence-electron chi connectivity index (χ2n) is 2.33. The van der Waals surface area contributed by atoms with Gasteiger partial charge in [0.2, 0.25) is 0 Å². The average Bonchev–Trinajstić information content (AvgIpc) is 2.58. The molecule has 2 rings (SSSR count). The molecule has 0 fully saturated rings. The van der Waals surface area contributed by atoms with E-state index in [4.69, 9.17) is 0 Å². The Labute approximate surface area is 89.8 Å². The molecule has 0 atom stereocenters. The molecule has 12 heavy (non-hydrogen) atoms. The molecule has 0 spiro atoms. The van der Waals surface area contributed by atoms with Gasteiger partial charge in [-0.3, -0.25) is 5.10 Å². The first-order valence-electron chi connectivity index (χ1n) is 3.52. The molecule has 3 radical (unpaired) electrons. The van der Waals surface area contributed by atoms with Gasteiger partial charge >= 0.3 is 0 Å². The predicted octanol–water partition coefficient (Wildman–Crippen LogP) is 1.70. The van der Waals surface area contributed by atoms with Crippen LogP contribution in [0.5, 0.6) is 0 Å². The van der Waals surface area contributed by atoms with Crippen LogP contribution in [-0.2, 0) is 0 Å². The van der Waals surface area contributed by atoms with Crippen molar-refractivity contribution in [1.29, 1.82) is 0 Å². The second kappa shape index (κ2) is 4.36. The minimum Gasteiger partial charge on any atom is -0.285 e. The molecule has 57 valence electrons. The van der Waals surface area contributed by atoms with Crippen LogP contribution in [-0.4, -0.2) is 36.0 Å². The number of H-pyrrole nitrogens is 1. The number of aromatic nitrogens is 2. The Kier molecular flexibility index (Phi) is 3.41. The van der Waals surface area contributed by atoms with Crippen LogP contribution < -0.4 is 0 Å². The van der Waals surface area contributed by atoms with Crippen molar-refractivity contribution >= 4 is 25.8 Å². The number of nitrogens with zero attached hydrogens (tertiary/aromatic N) is 1. The molecule has 1 N–H and O–H groups in total. The van der Waals surface area contributed by atoms with E-state index in [9.17, 15) is 0 Å². The van der Waals surface area contributed by atoms with Gasteiger partial charge in [0.1, 0.15) is 0 Å². The van der Waals surface area contributed by atoms with E-state index in [0.717, 1.165) is 11.3 Å². The van der Waals surface area contributed by atoms with Gasteiger partial charge in [0.05, 0.1) is 5.69 Å². The quantitative estimate of drug-likeness (QED) is 0.829. The van der Waals surface area contributed by atoms with Gasteiger partial charge < -0.3 is 0 Å². The van der Waals surface area contributed by atoms with Crippen molar-refractivity contribution in [2.75, 3.05) is 0 Å². The van der Waals surface area contributed by atoms with Crippen LogP contribution in [0.2, 0.25) is 0 Å². The maximum absolute atomic E-state index is 4.06. The molecule has 1 aromatic heterocycles. The molecule has 0 aliphatic rings. The van der Waals surface area contributed by atoms with Gasteiger partial charge in [0.15, 0.2) is 0 Å². The molecule has 0 bridgehead atoms. The molecule has 0 aliphatic heterocycles. The molecule has 2 aromatic rings. The van der Waals surface area contributed by atoms with E-state index in [0.29, 0.717) is 0 Å². The summed E-state index contributed by atoms with van der Waals surface area (Å²) in [5.41, 5.74) is 2.14. The molecular formula is C9H8InN2. The fraction of sp³-hybridized carbons (Fsp3) is 0. The van der Waals surface area contributed by atoms with E-state index in [1.807, 2.05) is 42.6 Å². The maximum Gasteiger partial charge on any atom is 0.0920 e. The molecule has 0 unspecified atom stereocenters. The molecule has 2 nitrogen and oxygen atoms in total. The van der Waals surface area contributed by atoms with Crippen LogP contribution in [0, 0.1) is 0 Å². The summed E-state index contributed by atoms with van der Waals surface area (Å²) in [6, 6.07) is 12.0. The molecular weight excluding hydrogens is 251 g/mol. The number of aromatic amines is 1. The van der Waals surface area contributed by atoms with E-state index < -0.39 is 0 Å². The molecule has 0 amide bonds. The van der Waals surface area contributed by atoms with Crippen LogP contribution in [0.25, 0.3) is 11.3 Å². The molecule has 0 saturated carbocycles. The van der Waals surface area contributed by atoms with Crippen molar-refractivity contribution in [2.24, 2.45) is 0 Å². The summed E-state index contributed by atoms with van der Waals surface area (Å²) in [5, 5.41) is 6.84. The van der Waals surface area contributed by atoms with E-state index in [1.165, 1.54) is 0 Å². The standard InChI is InChI=1S/C9H8N2.In/c1-2-4-8(5-3-1)9-6-7-10-11-9;/h1-7H,(H,10,11);. The van der Waals surface area contributed by atoms with E-state index in [1.54, 1.807) is 0 Å². The van der Waals surface area contributed by atoms with Crippen molar-refractivity contribution < 1.29 is 0 Å². The van der Waals surface area contributed by atoms with Crippen LogP contribution in [0.3, 0.4) is 0 Å². The molecule has 0 aliphatic carbocycles. The topological polar surface area (TPSA) is 28.7 Å². The van der Waals surface area contributed by atoms with E-state index in [2.05, 4.69) is 10.2 Å². The summed E-state index contributed by atoms with van der Waals surface area (Å²) >= 11 is 0. The third-order valence-corrected chi connectivity index (χ3v) is 1.57. The SMILES string of the molecule is [In].c1ccc(-c2cc[nH]n2)cc1. The summed E-state index contributed by atoms with van der Waals surface area (Å²) in [5.74, 6) is 0. The Hall–Kier alpha value is -0.700. The van der Waals surface area contributed by atoms with Gasteiger partial charge in [-0.25, -0.2) is 0 Å². The van der Waals surface area contributed by atoms with Crippen molar-refractivity contribution in [2.45, 2.75) is 0 Å². The third-order valence-electron chi connectivity index (χ3n) is 1.57. The summed E-state index contributed by atoms with van der Waals surface area (Å²) in [6.07, 6.45) is 1.82. The number of benzene rings is 1. The Morgan fingerprint density at radius 1 is 1.00 bits per heavy atom. The van der Waals surface area contributed by atoms with Crippen LogP contribution in [0.4, 0.5) is 0 Å². The second-order valence-corrected chi connectivity index (χ2v) is 2.33. The minimum atomic E-state index is 0. The van der Waals surface area contributed by atoms with Crippen LogP contribution in [0.15, 0.2) is 42.6 Å². The van der Waals surface area contributed by atoms with E-state index in [-0.39, 0.29) is 25.8 Å². The Morgan fingerprint density at radius 3 is 2.33 bits per heavy atom. The first kappa shape index (κ1) is 9.39. The first-order valence-corrected chi connectivity index (χ1v) is 3.52. The van der Waals surface area contributed by atoms with E-state index >= 15 is 0 Å². The maximum atomic E-state index is 4.06. The van der Waals surface area contributed by atoms with Crippen molar-refractivity contribution in [3.8, 4) is 11.3 Å². The molecule has 3 heteroatoms. The van der Waals surface area contributed by atoms with Crippen molar-refractivity contribution in [1.82, 2.24) is 10.2 Å². The van der Waals surface area contributed by atoms with Crippen LogP contribution in [0.1, 0.15) is 0 Å². The Morgan fingerprint density at radius 2 is 1.75 bits per heavy atom. The zero-order valence-electron chi connectivity index (χ0n) is 6.57. The summed E-state index contributed by atoms with van der Waals surface area (Å²) in [7, 11) is 0. The predicted molar refractivity (Wildman–Crippen MR) is 49.8 cm³/mol. The van der Waals surface area contributed by atoms with Gasteiger partial charge in [-0.1, -0.05) is 30.3 Å². The zero-order valence-corrected chi connectivity index (χ0v) is 9.86. The number of nitrogens with one attached hydrogen (secondary N) is 1. The fourth-order valence-electron chi connectivity index (χ4n) is 1.03. The van der Waals surface area contributed by atoms with Crippen molar-refractivity contribution in [3.63, 3.8) is 0 Å². The largest absolute Gasteiger partial charge is 0.285 e. The minimum absolute atomic E-state index is 0. The molecule has 1 heterocycles. The third kappa shape index (κ3) is 1.91. The fourth-order valence-corrected chi connectivity index (χ4v) is 1.03. The number of hydrogen-bond donors (Lipinski definition) is 1. The van der Waals surface area contributed by atoms with Crippen molar-refractivity contribution in [3.05, 3.63) is 42.6 Å². The monoisotopic (exact) mass is 259 g/mol. The zero-order chi connectivity index (χ0) is 7.52. The molecule has 0 saturated heterocycles. The average molecular weight is 259 g/mol. The summed E-state index contributed by atoms with van der Waals surface area (Å²) in [4.78, 5) is 0. The first-order chi connectivity index (χ1) is 5.47.